The zero-order valence-corrected chi connectivity index (χ0v) is 15.1. The summed E-state index contributed by atoms with van der Waals surface area (Å²) in [7, 11) is 0. The fourth-order valence-corrected chi connectivity index (χ4v) is 3.66. The fourth-order valence-electron chi connectivity index (χ4n) is 3.66. The van der Waals surface area contributed by atoms with Crippen LogP contribution >= 0.6 is 0 Å². The largest absolute Gasteiger partial charge is 0.454 e. The third kappa shape index (κ3) is 3.49. The Morgan fingerprint density at radius 1 is 1.23 bits per heavy atom. The molecule has 26 heavy (non-hydrogen) atoms. The molecule has 0 saturated carbocycles. The number of nitrogens with zero attached hydrogens (tertiary/aromatic N) is 2. The summed E-state index contributed by atoms with van der Waals surface area (Å²) < 4.78 is 5.14. The van der Waals surface area contributed by atoms with E-state index in [2.05, 4.69) is 13.5 Å². The molecule has 1 aromatic carbocycles. The van der Waals surface area contributed by atoms with E-state index < -0.39 is 5.97 Å². The fraction of sp³-hybridized carbons (Fsp3) is 0.450. The second-order valence-electron chi connectivity index (χ2n) is 6.69. The van der Waals surface area contributed by atoms with Crippen molar-refractivity contribution in [1.82, 2.24) is 9.80 Å². The van der Waals surface area contributed by atoms with Crippen molar-refractivity contribution >= 4 is 23.5 Å². The average molecular weight is 356 g/mol. The third-order valence-electron chi connectivity index (χ3n) is 5.10. The van der Waals surface area contributed by atoms with Gasteiger partial charge in [0.25, 0.3) is 11.8 Å². The van der Waals surface area contributed by atoms with Crippen molar-refractivity contribution in [2.45, 2.75) is 38.6 Å². The first kappa shape index (κ1) is 18.2. The molecule has 2 heterocycles. The van der Waals surface area contributed by atoms with Gasteiger partial charge in [-0.3, -0.25) is 19.3 Å². The molecule has 2 aliphatic heterocycles. The maximum Gasteiger partial charge on any atom is 0.326 e. The lowest BCUT2D eigenvalue weighted by Crippen LogP contribution is -2.45. The average Bonchev–Trinajstić information content (AvgIpc) is 2.91. The Labute approximate surface area is 153 Å². The molecule has 2 aliphatic rings. The molecule has 0 spiro atoms. The Kier molecular flexibility index (Phi) is 5.40. The number of piperidine rings is 1. The van der Waals surface area contributed by atoms with Crippen molar-refractivity contribution in [1.29, 1.82) is 0 Å². The Morgan fingerprint density at radius 3 is 2.65 bits per heavy atom. The molecule has 138 valence electrons. The predicted octanol–water partition coefficient (Wildman–Crippen LogP) is 2.45. The van der Waals surface area contributed by atoms with E-state index in [0.717, 1.165) is 31.2 Å². The minimum absolute atomic E-state index is 0.167. The van der Waals surface area contributed by atoms with Crippen LogP contribution in [0.25, 0.3) is 5.70 Å². The summed E-state index contributed by atoms with van der Waals surface area (Å²) in [6, 6.07) is 7.32. The van der Waals surface area contributed by atoms with Gasteiger partial charge in [0.05, 0.1) is 0 Å². The molecular weight excluding hydrogens is 332 g/mol. The lowest BCUT2D eigenvalue weighted by molar-refractivity contribution is -0.153. The van der Waals surface area contributed by atoms with E-state index in [1.165, 1.54) is 4.90 Å². The number of rotatable bonds is 5. The number of fused-ring (bicyclic) bond motifs is 1. The van der Waals surface area contributed by atoms with Crippen molar-refractivity contribution in [3.05, 3.63) is 42.0 Å². The van der Waals surface area contributed by atoms with Gasteiger partial charge in [0.1, 0.15) is 6.54 Å². The zero-order valence-electron chi connectivity index (χ0n) is 15.1. The Morgan fingerprint density at radius 2 is 1.96 bits per heavy atom. The molecule has 0 N–H and O–H groups in total. The quantitative estimate of drug-likeness (QED) is 0.760. The molecule has 1 fully saturated rings. The highest BCUT2D eigenvalue weighted by Crippen LogP contribution is 2.30. The molecule has 0 aliphatic carbocycles. The third-order valence-corrected chi connectivity index (χ3v) is 5.10. The molecule has 6 heteroatoms. The van der Waals surface area contributed by atoms with Gasteiger partial charge in [-0.2, -0.15) is 0 Å². The molecule has 0 radical (unpaired) electrons. The summed E-state index contributed by atoms with van der Waals surface area (Å²) >= 11 is 0. The van der Waals surface area contributed by atoms with Crippen molar-refractivity contribution < 1.29 is 19.1 Å². The van der Waals surface area contributed by atoms with Crippen LogP contribution in [0.1, 0.15) is 48.5 Å². The Balaban J connectivity index is 1.54. The van der Waals surface area contributed by atoms with E-state index in [-0.39, 0.29) is 31.0 Å². The van der Waals surface area contributed by atoms with Crippen LogP contribution in [-0.4, -0.2) is 53.3 Å². The first-order valence-corrected chi connectivity index (χ1v) is 9.08. The first-order chi connectivity index (χ1) is 12.5. The standard InChI is InChI=1S/C20H24N2O4/c1-3-15-8-6-7-11-21(15)18(23)13-26-19(24)12-22-14(2)16-9-4-5-10-17(16)20(22)25/h4-5,9-10,15H,2-3,6-8,11-13H2,1H3. The predicted molar refractivity (Wildman–Crippen MR) is 97.1 cm³/mol. The van der Waals surface area contributed by atoms with Crippen molar-refractivity contribution in [2.24, 2.45) is 0 Å². The highest BCUT2D eigenvalue weighted by molar-refractivity contribution is 6.10. The Hall–Kier alpha value is -2.63. The molecule has 2 amide bonds. The van der Waals surface area contributed by atoms with Crippen LogP contribution in [0.5, 0.6) is 0 Å². The van der Waals surface area contributed by atoms with Crippen LogP contribution < -0.4 is 0 Å². The van der Waals surface area contributed by atoms with E-state index in [0.29, 0.717) is 17.8 Å². The van der Waals surface area contributed by atoms with E-state index in [1.54, 1.807) is 18.2 Å². The van der Waals surface area contributed by atoms with Gasteiger partial charge in [0.15, 0.2) is 6.61 Å². The minimum atomic E-state index is -0.606. The number of carbonyl (C=O) groups is 3. The summed E-state index contributed by atoms with van der Waals surface area (Å²) in [5.41, 5.74) is 1.73. The highest BCUT2D eigenvalue weighted by atomic mass is 16.5. The van der Waals surface area contributed by atoms with Gasteiger partial charge in [-0.25, -0.2) is 0 Å². The van der Waals surface area contributed by atoms with E-state index in [4.69, 9.17) is 4.74 Å². The molecule has 0 aromatic heterocycles. The van der Waals surface area contributed by atoms with Crippen molar-refractivity contribution in [3.8, 4) is 0 Å². The number of esters is 1. The molecule has 1 aromatic rings. The minimum Gasteiger partial charge on any atom is -0.454 e. The molecule has 1 atom stereocenters. The lowest BCUT2D eigenvalue weighted by Gasteiger charge is -2.35. The van der Waals surface area contributed by atoms with E-state index in [9.17, 15) is 14.4 Å². The second kappa shape index (κ2) is 7.72. The highest BCUT2D eigenvalue weighted by Gasteiger charge is 2.33. The monoisotopic (exact) mass is 356 g/mol. The maximum absolute atomic E-state index is 12.4. The molecular formula is C20H24N2O4. The SMILES string of the molecule is C=C1c2ccccc2C(=O)N1CC(=O)OCC(=O)N1CCCCC1CC. The molecule has 1 saturated heterocycles. The van der Waals surface area contributed by atoms with Gasteiger partial charge < -0.3 is 9.64 Å². The van der Waals surface area contributed by atoms with E-state index in [1.807, 2.05) is 11.0 Å². The van der Waals surface area contributed by atoms with Crippen LogP contribution in [0.3, 0.4) is 0 Å². The number of carbonyl (C=O) groups excluding carboxylic acids is 3. The molecule has 0 bridgehead atoms. The molecule has 1 unspecified atom stereocenters. The number of hydrogen-bond acceptors (Lipinski definition) is 4. The summed E-state index contributed by atoms with van der Waals surface area (Å²) in [5, 5.41) is 0. The molecule has 6 nitrogen and oxygen atoms in total. The summed E-state index contributed by atoms with van der Waals surface area (Å²) in [4.78, 5) is 40.0. The number of hydrogen-bond donors (Lipinski definition) is 0. The van der Waals surface area contributed by atoms with Crippen molar-refractivity contribution in [3.63, 3.8) is 0 Å². The van der Waals surface area contributed by atoms with Gasteiger partial charge in [-0.05, 0) is 31.7 Å². The van der Waals surface area contributed by atoms with Gasteiger partial charge in [-0.15, -0.1) is 0 Å². The van der Waals surface area contributed by atoms with Gasteiger partial charge in [0.2, 0.25) is 0 Å². The summed E-state index contributed by atoms with van der Waals surface area (Å²) in [6.45, 7) is 6.15. The van der Waals surface area contributed by atoms with Crippen LogP contribution in [-0.2, 0) is 14.3 Å². The molecule has 3 rings (SSSR count). The normalized spacial score (nSPS) is 19.5. The van der Waals surface area contributed by atoms with Crippen LogP contribution in [0.4, 0.5) is 0 Å². The first-order valence-electron chi connectivity index (χ1n) is 9.08. The number of amides is 2. The summed E-state index contributed by atoms with van der Waals surface area (Å²) in [6.07, 6.45) is 4.01. The zero-order chi connectivity index (χ0) is 18.7. The maximum atomic E-state index is 12.4. The topological polar surface area (TPSA) is 66.9 Å². The van der Waals surface area contributed by atoms with Gasteiger partial charge in [0, 0.05) is 29.4 Å². The van der Waals surface area contributed by atoms with Crippen LogP contribution in [0.2, 0.25) is 0 Å². The van der Waals surface area contributed by atoms with Gasteiger partial charge in [-0.1, -0.05) is 31.7 Å². The van der Waals surface area contributed by atoms with Crippen LogP contribution in [0.15, 0.2) is 30.8 Å². The van der Waals surface area contributed by atoms with E-state index >= 15 is 0 Å². The number of ether oxygens (including phenoxy) is 1. The van der Waals surface area contributed by atoms with Gasteiger partial charge >= 0.3 is 5.97 Å². The lowest BCUT2D eigenvalue weighted by atomic mass is 10.00. The number of benzene rings is 1. The summed E-state index contributed by atoms with van der Waals surface area (Å²) in [5.74, 6) is -1.04. The van der Waals surface area contributed by atoms with Crippen molar-refractivity contribution in [2.75, 3.05) is 19.7 Å². The Bertz CT molecular complexity index is 708. The smallest absolute Gasteiger partial charge is 0.326 e. The van der Waals surface area contributed by atoms with Crippen LogP contribution in [0, 0.1) is 0 Å². The number of likely N-dealkylation sites (tertiary alicyclic amines) is 1. The second-order valence-corrected chi connectivity index (χ2v) is 6.69.